The van der Waals surface area contributed by atoms with Gasteiger partial charge < -0.3 is 5.73 Å². The van der Waals surface area contributed by atoms with Crippen LogP contribution < -0.4 is 5.73 Å². The minimum absolute atomic E-state index is 0.0462. The second-order valence-corrected chi connectivity index (χ2v) is 9.41. The van der Waals surface area contributed by atoms with Gasteiger partial charge in [-0.3, -0.25) is 0 Å². The van der Waals surface area contributed by atoms with E-state index in [9.17, 15) is 8.42 Å². The summed E-state index contributed by atoms with van der Waals surface area (Å²) in [5, 5.41) is 0. The lowest BCUT2D eigenvalue weighted by Crippen LogP contribution is -2.48. The lowest BCUT2D eigenvalue weighted by Gasteiger charge is -2.41. The molecule has 0 spiro atoms. The fraction of sp³-hybridized carbons (Fsp3) is 1.00. The number of nitrogens with zero attached hydrogens (tertiary/aromatic N) is 1. The van der Waals surface area contributed by atoms with Crippen molar-refractivity contribution in [1.29, 1.82) is 0 Å². The van der Waals surface area contributed by atoms with Gasteiger partial charge in [-0.25, -0.2) is 12.7 Å². The molecule has 0 bridgehead atoms. The summed E-state index contributed by atoms with van der Waals surface area (Å²) in [7, 11) is -3.04. The largest absolute Gasteiger partial charge is 0.325 e. The topological polar surface area (TPSA) is 63.4 Å². The van der Waals surface area contributed by atoms with Crippen molar-refractivity contribution in [2.24, 2.45) is 17.6 Å². The minimum atomic E-state index is -3.04. The molecule has 1 atom stereocenters. The fourth-order valence-corrected chi connectivity index (χ4v) is 5.17. The van der Waals surface area contributed by atoms with Crippen LogP contribution >= 0.6 is 0 Å². The van der Waals surface area contributed by atoms with Gasteiger partial charge in [-0.15, -0.1) is 0 Å². The monoisotopic (exact) mass is 316 g/mol. The van der Waals surface area contributed by atoms with Crippen molar-refractivity contribution in [3.8, 4) is 0 Å². The Morgan fingerprint density at radius 2 is 1.86 bits per heavy atom. The Bertz CT molecular complexity index is 428. The molecule has 2 aliphatic rings. The Labute approximate surface area is 130 Å². The number of rotatable bonds is 5. The molecule has 1 aliphatic carbocycles. The van der Waals surface area contributed by atoms with Crippen molar-refractivity contribution in [2.45, 2.75) is 70.3 Å². The number of piperidine rings is 1. The van der Waals surface area contributed by atoms with Gasteiger partial charge in [0.1, 0.15) is 0 Å². The highest BCUT2D eigenvalue weighted by Gasteiger charge is 2.35. The number of nitrogens with two attached hydrogens (primary N) is 1. The van der Waals surface area contributed by atoms with Gasteiger partial charge in [-0.1, -0.05) is 19.8 Å². The van der Waals surface area contributed by atoms with Crippen molar-refractivity contribution in [3.63, 3.8) is 0 Å². The summed E-state index contributed by atoms with van der Waals surface area (Å²) in [5.41, 5.74) is 6.59. The molecule has 21 heavy (non-hydrogen) atoms. The summed E-state index contributed by atoms with van der Waals surface area (Å²) in [4.78, 5) is 0. The summed E-state index contributed by atoms with van der Waals surface area (Å²) in [6.45, 7) is 3.62. The molecule has 2 N–H and O–H groups in total. The number of hydrogen-bond acceptors (Lipinski definition) is 3. The van der Waals surface area contributed by atoms with Crippen LogP contribution in [0.15, 0.2) is 0 Å². The second kappa shape index (κ2) is 6.97. The van der Waals surface area contributed by atoms with Gasteiger partial charge in [0.05, 0.1) is 6.26 Å². The van der Waals surface area contributed by atoms with Crippen molar-refractivity contribution in [3.05, 3.63) is 0 Å². The Hall–Kier alpha value is -0.130. The Morgan fingerprint density at radius 3 is 2.43 bits per heavy atom. The van der Waals surface area contributed by atoms with E-state index in [1.807, 2.05) is 0 Å². The maximum Gasteiger partial charge on any atom is 0.211 e. The van der Waals surface area contributed by atoms with Gasteiger partial charge >= 0.3 is 0 Å². The maximum atomic E-state index is 11.7. The highest BCUT2D eigenvalue weighted by Crippen LogP contribution is 2.38. The van der Waals surface area contributed by atoms with Gasteiger partial charge in [-0.05, 0) is 56.8 Å². The minimum Gasteiger partial charge on any atom is -0.325 e. The number of sulfonamides is 1. The van der Waals surface area contributed by atoms with Crippen LogP contribution in [-0.2, 0) is 10.0 Å². The molecule has 4 nitrogen and oxygen atoms in total. The fourth-order valence-electron chi connectivity index (χ4n) is 4.22. The van der Waals surface area contributed by atoms with Crippen LogP contribution in [-0.4, -0.2) is 37.6 Å². The van der Waals surface area contributed by atoms with Crippen molar-refractivity contribution < 1.29 is 8.42 Å². The highest BCUT2D eigenvalue weighted by atomic mass is 32.2. The molecule has 1 unspecified atom stereocenters. The molecule has 0 amide bonds. The molecule has 2 rings (SSSR count). The summed E-state index contributed by atoms with van der Waals surface area (Å²) >= 11 is 0. The highest BCUT2D eigenvalue weighted by molar-refractivity contribution is 7.88. The van der Waals surface area contributed by atoms with E-state index in [2.05, 4.69) is 6.92 Å². The second-order valence-electron chi connectivity index (χ2n) is 7.43. The van der Waals surface area contributed by atoms with Gasteiger partial charge in [0.2, 0.25) is 10.0 Å². The molecule has 0 aromatic rings. The first kappa shape index (κ1) is 17.2. The van der Waals surface area contributed by atoms with Crippen LogP contribution in [0.5, 0.6) is 0 Å². The molecular formula is C16H32N2O2S. The normalized spacial score (nSPS) is 35.8. The van der Waals surface area contributed by atoms with E-state index < -0.39 is 10.0 Å². The zero-order chi connectivity index (χ0) is 15.5. The van der Waals surface area contributed by atoms with Crippen LogP contribution in [0, 0.1) is 11.8 Å². The summed E-state index contributed by atoms with van der Waals surface area (Å²) in [6, 6.07) is 0. The zero-order valence-electron chi connectivity index (χ0n) is 13.7. The zero-order valence-corrected chi connectivity index (χ0v) is 14.5. The molecule has 0 aromatic carbocycles. The molecule has 1 saturated heterocycles. The van der Waals surface area contributed by atoms with Gasteiger partial charge in [0.15, 0.2) is 0 Å². The lowest BCUT2D eigenvalue weighted by atomic mass is 9.71. The van der Waals surface area contributed by atoms with Crippen LogP contribution in [0.2, 0.25) is 0 Å². The first-order valence-corrected chi connectivity index (χ1v) is 10.4. The molecular weight excluding hydrogens is 284 g/mol. The third-order valence-corrected chi connectivity index (χ3v) is 6.71. The smallest absolute Gasteiger partial charge is 0.211 e. The first-order valence-electron chi connectivity index (χ1n) is 8.56. The predicted octanol–water partition coefficient (Wildman–Crippen LogP) is 2.74. The van der Waals surface area contributed by atoms with Crippen LogP contribution in [0.1, 0.15) is 64.7 Å². The average Bonchev–Trinajstić information content (AvgIpc) is 2.41. The molecule has 124 valence electrons. The van der Waals surface area contributed by atoms with E-state index in [0.717, 1.165) is 38.0 Å². The third kappa shape index (κ3) is 4.93. The van der Waals surface area contributed by atoms with E-state index in [4.69, 9.17) is 5.73 Å². The van der Waals surface area contributed by atoms with Gasteiger partial charge in [-0.2, -0.15) is 0 Å². The van der Waals surface area contributed by atoms with E-state index >= 15 is 0 Å². The molecule has 1 aliphatic heterocycles. The van der Waals surface area contributed by atoms with E-state index in [1.165, 1.54) is 31.9 Å². The molecule has 1 saturated carbocycles. The first-order chi connectivity index (χ1) is 9.82. The third-order valence-electron chi connectivity index (χ3n) is 5.44. The quantitative estimate of drug-likeness (QED) is 0.848. The van der Waals surface area contributed by atoms with Gasteiger partial charge in [0, 0.05) is 18.6 Å². The Morgan fingerprint density at radius 1 is 1.19 bits per heavy atom. The maximum absolute atomic E-state index is 11.7. The predicted molar refractivity (Wildman–Crippen MR) is 87.5 cm³/mol. The van der Waals surface area contributed by atoms with Crippen molar-refractivity contribution in [2.75, 3.05) is 19.3 Å². The van der Waals surface area contributed by atoms with Gasteiger partial charge in [0.25, 0.3) is 0 Å². The van der Waals surface area contributed by atoms with Crippen molar-refractivity contribution in [1.82, 2.24) is 4.31 Å². The number of hydrogen-bond donors (Lipinski definition) is 1. The van der Waals surface area contributed by atoms with E-state index in [0.29, 0.717) is 19.0 Å². The SMILES string of the molecule is CCCC1CCC(N)(CC2CCCN(S(C)(=O)=O)C2)CC1. The molecule has 5 heteroatoms. The van der Waals surface area contributed by atoms with Crippen molar-refractivity contribution >= 4 is 10.0 Å². The Kier molecular flexibility index (Phi) is 5.71. The van der Waals surface area contributed by atoms with Crippen LogP contribution in [0.4, 0.5) is 0 Å². The van der Waals surface area contributed by atoms with Crippen LogP contribution in [0.3, 0.4) is 0 Å². The van der Waals surface area contributed by atoms with Crippen LogP contribution in [0.25, 0.3) is 0 Å². The molecule has 0 radical (unpaired) electrons. The lowest BCUT2D eigenvalue weighted by molar-refractivity contribution is 0.159. The van der Waals surface area contributed by atoms with E-state index in [-0.39, 0.29) is 5.54 Å². The summed E-state index contributed by atoms with van der Waals surface area (Å²) in [6.07, 6.45) is 11.8. The Balaban J connectivity index is 1.86. The summed E-state index contributed by atoms with van der Waals surface area (Å²) < 4.78 is 25.1. The molecule has 2 fully saturated rings. The molecule has 0 aromatic heterocycles. The standard InChI is InChI=1S/C16H32N2O2S/c1-3-5-14-7-9-16(17,10-8-14)12-15-6-4-11-18(13-15)21(2,19)20/h14-15H,3-13,17H2,1-2H3. The average molecular weight is 317 g/mol. The summed E-state index contributed by atoms with van der Waals surface area (Å²) in [5.74, 6) is 1.31. The van der Waals surface area contributed by atoms with E-state index in [1.54, 1.807) is 4.31 Å². The molecule has 1 heterocycles.